The van der Waals surface area contributed by atoms with Crippen molar-refractivity contribution >= 4 is 33.0 Å². The standard InChI is InChI=1S/C18H10N4O4/c1-9-2-5-15-13(6-9)17(23)20-16-14(8-19)11-4-3-10(22(25)26)7-12(11)18(24)21(15)16/h2-7H,1H3,(H,20,23). The summed E-state index contributed by atoms with van der Waals surface area (Å²) in [6, 6.07) is 10.7. The lowest BCUT2D eigenvalue weighted by Crippen LogP contribution is -2.22. The van der Waals surface area contributed by atoms with Gasteiger partial charge in [-0.2, -0.15) is 5.26 Å². The Morgan fingerprint density at radius 1 is 1.12 bits per heavy atom. The maximum absolute atomic E-state index is 13.1. The highest BCUT2D eigenvalue weighted by molar-refractivity contribution is 5.95. The summed E-state index contributed by atoms with van der Waals surface area (Å²) >= 11 is 0. The molecule has 8 heteroatoms. The molecule has 0 saturated carbocycles. The minimum atomic E-state index is -0.603. The zero-order valence-electron chi connectivity index (χ0n) is 13.4. The van der Waals surface area contributed by atoms with Gasteiger partial charge >= 0.3 is 0 Å². The molecule has 0 spiro atoms. The van der Waals surface area contributed by atoms with Crippen LogP contribution in [-0.2, 0) is 0 Å². The highest BCUT2D eigenvalue weighted by Crippen LogP contribution is 2.24. The number of hydrogen-bond acceptors (Lipinski definition) is 5. The van der Waals surface area contributed by atoms with Gasteiger partial charge < -0.3 is 4.98 Å². The summed E-state index contributed by atoms with van der Waals surface area (Å²) in [5, 5.41) is 21.2. The second-order valence-corrected chi connectivity index (χ2v) is 5.94. The van der Waals surface area contributed by atoms with Gasteiger partial charge in [0.2, 0.25) is 0 Å². The van der Waals surface area contributed by atoms with Crippen molar-refractivity contribution in [2.24, 2.45) is 0 Å². The van der Waals surface area contributed by atoms with E-state index < -0.39 is 16.0 Å². The highest BCUT2D eigenvalue weighted by atomic mass is 16.6. The van der Waals surface area contributed by atoms with Gasteiger partial charge in [0.15, 0.2) is 0 Å². The number of nitro groups is 1. The van der Waals surface area contributed by atoms with Crippen LogP contribution in [0.4, 0.5) is 5.69 Å². The molecule has 0 fully saturated rings. The van der Waals surface area contributed by atoms with Crippen LogP contribution in [-0.4, -0.2) is 14.3 Å². The van der Waals surface area contributed by atoms with E-state index in [-0.39, 0.29) is 27.7 Å². The molecule has 26 heavy (non-hydrogen) atoms. The van der Waals surface area contributed by atoms with E-state index in [0.717, 1.165) is 11.6 Å². The number of rotatable bonds is 1. The molecule has 0 aliphatic rings. The molecule has 0 radical (unpaired) electrons. The lowest BCUT2D eigenvalue weighted by atomic mass is 10.1. The van der Waals surface area contributed by atoms with Gasteiger partial charge in [0.1, 0.15) is 17.3 Å². The van der Waals surface area contributed by atoms with Crippen LogP contribution in [0.15, 0.2) is 46.0 Å². The van der Waals surface area contributed by atoms with Gasteiger partial charge in [0.25, 0.3) is 16.8 Å². The van der Waals surface area contributed by atoms with Crippen LogP contribution in [0.25, 0.3) is 27.3 Å². The lowest BCUT2D eigenvalue weighted by Gasteiger charge is -2.10. The Morgan fingerprint density at radius 3 is 2.58 bits per heavy atom. The third kappa shape index (κ3) is 2.01. The Bertz CT molecular complexity index is 1420. The average Bonchev–Trinajstić information content (AvgIpc) is 2.62. The lowest BCUT2D eigenvalue weighted by molar-refractivity contribution is -0.384. The maximum Gasteiger partial charge on any atom is 0.270 e. The first kappa shape index (κ1) is 15.5. The molecule has 0 unspecified atom stereocenters. The first-order valence-electron chi connectivity index (χ1n) is 7.62. The van der Waals surface area contributed by atoms with E-state index in [2.05, 4.69) is 4.98 Å². The number of fused-ring (bicyclic) bond motifs is 4. The van der Waals surface area contributed by atoms with Gasteiger partial charge in [-0.1, -0.05) is 11.6 Å². The number of hydrogen-bond donors (Lipinski definition) is 1. The number of benzene rings is 2. The van der Waals surface area contributed by atoms with E-state index >= 15 is 0 Å². The largest absolute Gasteiger partial charge is 0.306 e. The van der Waals surface area contributed by atoms with Gasteiger partial charge in [-0.15, -0.1) is 0 Å². The third-order valence-electron chi connectivity index (χ3n) is 4.36. The molecule has 2 heterocycles. The van der Waals surface area contributed by atoms with Crippen molar-refractivity contribution in [2.75, 3.05) is 0 Å². The van der Waals surface area contributed by atoms with E-state index in [1.807, 2.05) is 13.0 Å². The maximum atomic E-state index is 13.1. The van der Waals surface area contributed by atoms with Crippen molar-refractivity contribution in [3.63, 3.8) is 0 Å². The van der Waals surface area contributed by atoms with Crippen molar-refractivity contribution < 1.29 is 4.92 Å². The van der Waals surface area contributed by atoms with E-state index in [1.165, 1.54) is 16.5 Å². The Balaban J connectivity index is 2.37. The number of aromatic amines is 1. The number of aromatic nitrogens is 2. The van der Waals surface area contributed by atoms with Crippen LogP contribution < -0.4 is 11.1 Å². The molecule has 126 valence electrons. The molecule has 8 nitrogen and oxygen atoms in total. The number of nitrogens with zero attached hydrogens (tertiary/aromatic N) is 3. The molecule has 4 aromatic rings. The Kier molecular flexibility index (Phi) is 3.14. The number of nitriles is 1. The molecule has 0 saturated heterocycles. The van der Waals surface area contributed by atoms with Crippen molar-refractivity contribution in [3.05, 3.63) is 78.3 Å². The topological polar surface area (TPSA) is 121 Å². The van der Waals surface area contributed by atoms with Crippen LogP contribution in [0.3, 0.4) is 0 Å². The van der Waals surface area contributed by atoms with Gasteiger partial charge in [-0.3, -0.25) is 24.1 Å². The number of H-pyrrole nitrogens is 1. The fourth-order valence-electron chi connectivity index (χ4n) is 3.17. The monoisotopic (exact) mass is 346 g/mol. The highest BCUT2D eigenvalue weighted by Gasteiger charge is 2.18. The minimum Gasteiger partial charge on any atom is -0.306 e. The summed E-state index contributed by atoms with van der Waals surface area (Å²) in [7, 11) is 0. The first-order chi connectivity index (χ1) is 12.4. The summed E-state index contributed by atoms with van der Waals surface area (Å²) in [6.45, 7) is 1.82. The fourth-order valence-corrected chi connectivity index (χ4v) is 3.17. The normalized spacial score (nSPS) is 11.1. The number of pyridine rings is 1. The Morgan fingerprint density at radius 2 is 1.88 bits per heavy atom. The molecule has 4 rings (SSSR count). The Labute approximate surface area is 144 Å². The molecule has 0 bridgehead atoms. The first-order valence-corrected chi connectivity index (χ1v) is 7.62. The summed E-state index contributed by atoms with van der Waals surface area (Å²) in [5.41, 5.74) is 0.123. The second kappa shape index (κ2) is 5.26. The molecule has 0 atom stereocenters. The van der Waals surface area contributed by atoms with Crippen LogP contribution in [0.2, 0.25) is 0 Å². The van der Waals surface area contributed by atoms with Crippen LogP contribution in [0.1, 0.15) is 11.1 Å². The second-order valence-electron chi connectivity index (χ2n) is 5.94. The zero-order chi connectivity index (χ0) is 18.6. The number of aryl methyl sites for hydroxylation is 1. The van der Waals surface area contributed by atoms with Crippen molar-refractivity contribution in [1.29, 1.82) is 5.26 Å². The molecular formula is C18H10N4O4. The predicted molar refractivity (Wildman–Crippen MR) is 95.4 cm³/mol. The quantitative estimate of drug-likeness (QED) is 0.245. The van der Waals surface area contributed by atoms with Gasteiger partial charge in [-0.25, -0.2) is 0 Å². The number of non-ortho nitro benzene ring substituents is 1. The SMILES string of the molecule is Cc1ccc2c(c1)c(=O)[nH]c1c(C#N)c3ccc([N+](=O)[O-])cc3c(=O)n12. The van der Waals surface area contributed by atoms with Crippen LogP contribution in [0, 0.1) is 28.4 Å². The molecule has 0 aliphatic carbocycles. The molecular weight excluding hydrogens is 336 g/mol. The zero-order valence-corrected chi connectivity index (χ0v) is 13.4. The Hall–Kier alpha value is -3.99. The van der Waals surface area contributed by atoms with E-state index in [0.29, 0.717) is 10.9 Å². The summed E-state index contributed by atoms with van der Waals surface area (Å²) < 4.78 is 1.22. The number of nitro benzene ring substituents is 1. The van der Waals surface area contributed by atoms with Crippen molar-refractivity contribution in [2.45, 2.75) is 6.92 Å². The third-order valence-corrected chi connectivity index (χ3v) is 4.36. The molecule has 0 aliphatic heterocycles. The van der Waals surface area contributed by atoms with Crippen LogP contribution in [0.5, 0.6) is 0 Å². The summed E-state index contributed by atoms with van der Waals surface area (Å²) in [6.07, 6.45) is 0. The van der Waals surface area contributed by atoms with E-state index in [4.69, 9.17) is 0 Å². The fraction of sp³-hybridized carbons (Fsp3) is 0.0556. The van der Waals surface area contributed by atoms with Gasteiger partial charge in [0.05, 0.1) is 21.2 Å². The average molecular weight is 346 g/mol. The molecule has 0 amide bonds. The molecule has 2 aromatic heterocycles. The van der Waals surface area contributed by atoms with E-state index in [1.54, 1.807) is 18.2 Å². The van der Waals surface area contributed by atoms with Crippen molar-refractivity contribution in [3.8, 4) is 6.07 Å². The van der Waals surface area contributed by atoms with E-state index in [9.17, 15) is 25.0 Å². The van der Waals surface area contributed by atoms with Crippen LogP contribution >= 0.6 is 0 Å². The predicted octanol–water partition coefficient (Wildman–Crippen LogP) is 2.38. The van der Waals surface area contributed by atoms with Gasteiger partial charge in [0, 0.05) is 17.5 Å². The smallest absolute Gasteiger partial charge is 0.270 e. The van der Waals surface area contributed by atoms with Gasteiger partial charge in [-0.05, 0) is 25.1 Å². The van der Waals surface area contributed by atoms with Crippen molar-refractivity contribution in [1.82, 2.24) is 9.38 Å². The summed E-state index contributed by atoms with van der Waals surface area (Å²) in [5.74, 6) is 0. The molecule has 2 aromatic carbocycles. The number of nitrogens with one attached hydrogen (secondary N) is 1. The molecule has 1 N–H and O–H groups in total. The summed E-state index contributed by atoms with van der Waals surface area (Å²) in [4.78, 5) is 38.5. The minimum absolute atomic E-state index is 0.0437.